The highest BCUT2D eigenvalue weighted by atomic mass is 32.2. The number of amidine groups is 1. The molecule has 0 unspecified atom stereocenters. The first-order valence-corrected chi connectivity index (χ1v) is 11.5. The second-order valence-electron chi connectivity index (χ2n) is 7.40. The van der Waals surface area contributed by atoms with Crippen molar-refractivity contribution in [2.75, 3.05) is 26.2 Å². The van der Waals surface area contributed by atoms with Crippen molar-refractivity contribution in [1.29, 1.82) is 0 Å². The van der Waals surface area contributed by atoms with E-state index < -0.39 is 15.9 Å². The minimum Gasteiger partial charge on any atom is -0.507 e. The molecular formula is C20H28N6O4S. The first kappa shape index (κ1) is 22.8. The molecule has 1 saturated heterocycles. The monoisotopic (exact) mass is 448 g/mol. The minimum atomic E-state index is -3.76. The number of nitrogens with zero attached hydrogens (tertiary/aromatic N) is 3. The first-order chi connectivity index (χ1) is 14.7. The maximum atomic E-state index is 13.0. The molecule has 168 valence electrons. The van der Waals surface area contributed by atoms with Gasteiger partial charge in [-0.15, -0.1) is 5.10 Å². The van der Waals surface area contributed by atoms with Gasteiger partial charge in [-0.1, -0.05) is 19.9 Å². The minimum absolute atomic E-state index is 0.00873. The summed E-state index contributed by atoms with van der Waals surface area (Å²) in [5.74, 6) is -0.713. The number of aromatic hydroxyl groups is 1. The Balaban J connectivity index is 2.06. The molecule has 1 aromatic rings. The van der Waals surface area contributed by atoms with E-state index in [2.05, 4.69) is 22.3 Å². The van der Waals surface area contributed by atoms with E-state index in [0.717, 1.165) is 6.42 Å². The number of rotatable bonds is 6. The van der Waals surface area contributed by atoms with E-state index in [0.29, 0.717) is 38.3 Å². The average molecular weight is 449 g/mol. The molecule has 2 heterocycles. The summed E-state index contributed by atoms with van der Waals surface area (Å²) >= 11 is 0. The lowest BCUT2D eigenvalue weighted by Gasteiger charge is -2.30. The number of phenolic OH excluding ortho intramolecular Hbond substituents is 1. The van der Waals surface area contributed by atoms with E-state index in [4.69, 9.17) is 5.73 Å². The molecule has 0 spiro atoms. The van der Waals surface area contributed by atoms with Crippen LogP contribution in [0.15, 0.2) is 51.9 Å². The molecule has 10 nitrogen and oxygen atoms in total. The van der Waals surface area contributed by atoms with Gasteiger partial charge in [0.1, 0.15) is 11.4 Å². The summed E-state index contributed by atoms with van der Waals surface area (Å²) < 4.78 is 27.5. The fourth-order valence-electron chi connectivity index (χ4n) is 3.43. The number of sulfonamides is 1. The van der Waals surface area contributed by atoms with Crippen LogP contribution in [0.2, 0.25) is 0 Å². The molecule has 5 N–H and O–H groups in total. The molecule has 0 saturated carbocycles. The SMILES string of the molecule is C=C(CCC)N1N=C(c2cc(S(=O)(=O)N3CCNCC3)ccc2O)NC(=O)/C1=C(\C)N. The number of nitrogens with one attached hydrogen (secondary N) is 2. The molecule has 2 aliphatic rings. The third kappa shape index (κ3) is 4.58. The molecule has 11 heteroatoms. The predicted octanol–water partition coefficient (Wildman–Crippen LogP) is 0.584. The molecule has 1 aromatic carbocycles. The van der Waals surface area contributed by atoms with Crippen LogP contribution in [0.3, 0.4) is 0 Å². The molecule has 1 fully saturated rings. The molecule has 0 aromatic heterocycles. The van der Waals surface area contributed by atoms with Gasteiger partial charge in [-0.2, -0.15) is 4.31 Å². The van der Waals surface area contributed by atoms with Gasteiger partial charge in [-0.3, -0.25) is 4.79 Å². The lowest BCUT2D eigenvalue weighted by molar-refractivity contribution is -0.118. The maximum absolute atomic E-state index is 13.0. The molecule has 31 heavy (non-hydrogen) atoms. The van der Waals surface area contributed by atoms with Crippen LogP contribution in [-0.2, 0) is 14.8 Å². The fraction of sp³-hybridized carbons (Fsp3) is 0.400. The summed E-state index contributed by atoms with van der Waals surface area (Å²) in [5.41, 5.74) is 6.94. The van der Waals surface area contributed by atoms with E-state index >= 15 is 0 Å². The largest absolute Gasteiger partial charge is 0.507 e. The summed E-state index contributed by atoms with van der Waals surface area (Å²) in [6.45, 7) is 9.36. The number of hydrogen-bond acceptors (Lipinski definition) is 8. The Hall–Kier alpha value is -2.89. The number of amides is 1. The van der Waals surface area contributed by atoms with Crippen molar-refractivity contribution in [3.8, 4) is 5.75 Å². The van der Waals surface area contributed by atoms with Crippen LogP contribution in [0.4, 0.5) is 0 Å². The Morgan fingerprint density at radius 1 is 1.32 bits per heavy atom. The maximum Gasteiger partial charge on any atom is 0.277 e. The van der Waals surface area contributed by atoms with Gasteiger partial charge in [-0.25, -0.2) is 13.4 Å². The van der Waals surface area contributed by atoms with E-state index in [1.165, 1.54) is 27.5 Å². The lowest BCUT2D eigenvalue weighted by atomic mass is 10.1. The van der Waals surface area contributed by atoms with Crippen molar-refractivity contribution in [3.63, 3.8) is 0 Å². The number of benzene rings is 1. The zero-order valence-corrected chi connectivity index (χ0v) is 18.5. The van der Waals surface area contributed by atoms with E-state index in [1.807, 2.05) is 6.92 Å². The Bertz CT molecular complexity index is 1050. The van der Waals surface area contributed by atoms with Gasteiger partial charge in [-0.05, 0) is 31.5 Å². The molecule has 1 amide bonds. The number of hydrazone groups is 1. The predicted molar refractivity (Wildman–Crippen MR) is 117 cm³/mol. The highest BCUT2D eigenvalue weighted by molar-refractivity contribution is 7.89. The van der Waals surface area contributed by atoms with Crippen molar-refractivity contribution < 1.29 is 18.3 Å². The van der Waals surface area contributed by atoms with Gasteiger partial charge in [0.15, 0.2) is 5.84 Å². The molecule has 0 aliphatic carbocycles. The number of carbonyl (C=O) groups is 1. The number of piperazine rings is 1. The van der Waals surface area contributed by atoms with E-state index in [1.54, 1.807) is 6.92 Å². The van der Waals surface area contributed by atoms with Crippen molar-refractivity contribution in [2.45, 2.75) is 31.6 Å². The highest BCUT2D eigenvalue weighted by Crippen LogP contribution is 2.28. The fourth-order valence-corrected chi connectivity index (χ4v) is 4.90. The van der Waals surface area contributed by atoms with Crippen molar-refractivity contribution in [2.24, 2.45) is 10.8 Å². The molecule has 0 radical (unpaired) electrons. The number of nitrogens with two attached hydrogens (primary N) is 1. The highest BCUT2D eigenvalue weighted by Gasteiger charge is 2.31. The summed E-state index contributed by atoms with van der Waals surface area (Å²) in [7, 11) is -3.76. The lowest BCUT2D eigenvalue weighted by Crippen LogP contribution is -2.46. The van der Waals surface area contributed by atoms with Crippen LogP contribution in [-0.4, -0.2) is 60.8 Å². The van der Waals surface area contributed by atoms with Crippen molar-refractivity contribution >= 4 is 21.8 Å². The molecular weight excluding hydrogens is 420 g/mol. The zero-order valence-electron chi connectivity index (χ0n) is 17.7. The Kier molecular flexibility index (Phi) is 6.68. The molecule has 2 aliphatic heterocycles. The van der Waals surface area contributed by atoms with Crippen LogP contribution >= 0.6 is 0 Å². The number of carbonyl (C=O) groups excluding carboxylic acids is 1. The summed E-state index contributed by atoms with van der Waals surface area (Å²) in [6, 6.07) is 3.94. The summed E-state index contributed by atoms with van der Waals surface area (Å²) in [6.07, 6.45) is 1.35. The van der Waals surface area contributed by atoms with E-state index in [9.17, 15) is 18.3 Å². The molecule has 0 bridgehead atoms. The summed E-state index contributed by atoms with van der Waals surface area (Å²) in [4.78, 5) is 12.8. The summed E-state index contributed by atoms with van der Waals surface area (Å²) in [5, 5.41) is 21.9. The average Bonchev–Trinajstić information content (AvgIpc) is 2.73. The molecule has 0 atom stereocenters. The number of allylic oxidation sites excluding steroid dienone is 2. The second kappa shape index (κ2) is 9.08. The van der Waals surface area contributed by atoms with Crippen LogP contribution in [0.5, 0.6) is 5.75 Å². The Labute approximate surface area is 182 Å². The van der Waals surface area contributed by atoms with Crippen LogP contribution in [0.1, 0.15) is 32.3 Å². The quantitative estimate of drug-likeness (QED) is 0.467. The number of phenols is 1. The van der Waals surface area contributed by atoms with Gasteiger partial charge in [0.25, 0.3) is 5.91 Å². The smallest absolute Gasteiger partial charge is 0.277 e. The van der Waals surface area contributed by atoms with Gasteiger partial charge >= 0.3 is 0 Å². The normalized spacial score (nSPS) is 19.6. The second-order valence-corrected chi connectivity index (χ2v) is 9.33. The van der Waals surface area contributed by atoms with Gasteiger partial charge in [0.2, 0.25) is 10.0 Å². The first-order valence-electron chi connectivity index (χ1n) is 10.0. The van der Waals surface area contributed by atoms with Gasteiger partial charge in [0, 0.05) is 37.6 Å². The van der Waals surface area contributed by atoms with Crippen LogP contribution < -0.4 is 16.4 Å². The standard InChI is InChI=1S/C20H28N6O4S/c1-4-5-13(2)26-18(14(3)21)20(28)23-19(24-26)16-12-15(6-7-17(16)27)31(29,30)25-10-8-22-9-11-25/h6-7,12,22,27H,2,4-5,8-11,21H2,1,3H3,(H,23,24,28)/b18-14-. The van der Waals surface area contributed by atoms with Gasteiger partial charge in [0.05, 0.1) is 10.5 Å². The van der Waals surface area contributed by atoms with Crippen molar-refractivity contribution in [1.82, 2.24) is 19.9 Å². The Morgan fingerprint density at radius 2 is 2.00 bits per heavy atom. The third-order valence-corrected chi connectivity index (χ3v) is 6.90. The zero-order chi connectivity index (χ0) is 22.8. The number of hydrogen-bond donors (Lipinski definition) is 4. The van der Waals surface area contributed by atoms with E-state index in [-0.39, 0.29) is 33.4 Å². The van der Waals surface area contributed by atoms with Crippen molar-refractivity contribution in [3.05, 3.63) is 47.4 Å². The van der Waals surface area contributed by atoms with Gasteiger partial charge < -0.3 is 21.5 Å². The molecule has 3 rings (SSSR count). The topological polar surface area (TPSA) is 140 Å². The Morgan fingerprint density at radius 3 is 2.61 bits per heavy atom. The van der Waals surface area contributed by atoms with Crippen LogP contribution in [0.25, 0.3) is 0 Å². The van der Waals surface area contributed by atoms with Crippen LogP contribution in [0, 0.1) is 0 Å². The third-order valence-electron chi connectivity index (χ3n) is 5.01.